The van der Waals surface area contributed by atoms with E-state index in [4.69, 9.17) is 0 Å². The third-order valence-corrected chi connectivity index (χ3v) is 2.83. The highest BCUT2D eigenvalue weighted by Crippen LogP contribution is 2.18. The second kappa shape index (κ2) is 6.82. The highest BCUT2D eigenvalue weighted by Gasteiger charge is 2.19. The smallest absolute Gasteiger partial charge is 0.270 e. The Bertz CT molecular complexity index is 477. The third kappa shape index (κ3) is 4.01. The summed E-state index contributed by atoms with van der Waals surface area (Å²) in [6, 6.07) is 2.97. The zero-order valence-electron chi connectivity index (χ0n) is 11.1. The molecule has 1 aromatic carbocycles. The minimum absolute atomic E-state index is 0.256. The number of hydrogen-bond donors (Lipinski definition) is 0. The Kier molecular flexibility index (Phi) is 5.41. The SMILES string of the molecule is CCCCCN(C)C(=O)c1cc([N+](=O)[O-])ccc1F. The van der Waals surface area contributed by atoms with Crippen molar-refractivity contribution in [2.24, 2.45) is 0 Å². The molecule has 0 aromatic heterocycles. The van der Waals surface area contributed by atoms with E-state index in [0.29, 0.717) is 6.54 Å². The van der Waals surface area contributed by atoms with Crippen molar-refractivity contribution in [2.75, 3.05) is 13.6 Å². The molecule has 0 heterocycles. The molecule has 0 saturated heterocycles. The van der Waals surface area contributed by atoms with Crippen molar-refractivity contribution in [1.82, 2.24) is 4.90 Å². The molecule has 0 saturated carbocycles. The van der Waals surface area contributed by atoms with Gasteiger partial charge in [0.15, 0.2) is 0 Å². The van der Waals surface area contributed by atoms with Crippen molar-refractivity contribution < 1.29 is 14.1 Å². The second-order valence-electron chi connectivity index (χ2n) is 4.36. The molecular weight excluding hydrogens is 251 g/mol. The summed E-state index contributed by atoms with van der Waals surface area (Å²) in [4.78, 5) is 23.4. The first-order valence-electron chi connectivity index (χ1n) is 6.16. The minimum atomic E-state index is -0.738. The maximum absolute atomic E-state index is 13.6. The average Bonchev–Trinajstić information content (AvgIpc) is 2.38. The largest absolute Gasteiger partial charge is 0.342 e. The van der Waals surface area contributed by atoms with Gasteiger partial charge in [-0.1, -0.05) is 19.8 Å². The Labute approximate surface area is 111 Å². The second-order valence-corrected chi connectivity index (χ2v) is 4.36. The van der Waals surface area contributed by atoms with E-state index in [1.54, 1.807) is 7.05 Å². The van der Waals surface area contributed by atoms with Crippen molar-refractivity contribution in [3.05, 3.63) is 39.7 Å². The van der Waals surface area contributed by atoms with Crippen LogP contribution >= 0.6 is 0 Å². The molecule has 0 radical (unpaired) electrons. The zero-order valence-corrected chi connectivity index (χ0v) is 11.1. The van der Waals surface area contributed by atoms with E-state index >= 15 is 0 Å². The van der Waals surface area contributed by atoms with Gasteiger partial charge in [-0.2, -0.15) is 0 Å². The number of carbonyl (C=O) groups excluding carboxylic acids is 1. The Morgan fingerprint density at radius 3 is 2.68 bits per heavy atom. The molecule has 0 N–H and O–H groups in total. The molecule has 0 fully saturated rings. The van der Waals surface area contributed by atoms with Crippen LogP contribution in [-0.4, -0.2) is 29.3 Å². The summed E-state index contributed by atoms with van der Waals surface area (Å²) < 4.78 is 13.6. The zero-order chi connectivity index (χ0) is 14.4. The van der Waals surface area contributed by atoms with Crippen LogP contribution in [0, 0.1) is 15.9 Å². The molecule has 6 heteroatoms. The minimum Gasteiger partial charge on any atom is -0.342 e. The highest BCUT2D eigenvalue weighted by atomic mass is 19.1. The van der Waals surface area contributed by atoms with Crippen LogP contribution in [0.2, 0.25) is 0 Å². The summed E-state index contributed by atoms with van der Waals surface area (Å²) in [5, 5.41) is 10.6. The van der Waals surface area contributed by atoms with E-state index in [2.05, 4.69) is 0 Å². The molecule has 0 spiro atoms. The van der Waals surface area contributed by atoms with E-state index in [0.717, 1.165) is 37.5 Å². The number of rotatable bonds is 6. The van der Waals surface area contributed by atoms with E-state index in [-0.39, 0.29) is 11.3 Å². The summed E-state index contributed by atoms with van der Waals surface area (Å²) in [5.41, 5.74) is -0.542. The van der Waals surface area contributed by atoms with Crippen molar-refractivity contribution in [1.29, 1.82) is 0 Å². The Morgan fingerprint density at radius 2 is 2.11 bits per heavy atom. The fourth-order valence-corrected chi connectivity index (χ4v) is 1.70. The van der Waals surface area contributed by atoms with Crippen LogP contribution in [0.1, 0.15) is 36.5 Å². The Morgan fingerprint density at radius 1 is 1.42 bits per heavy atom. The highest BCUT2D eigenvalue weighted by molar-refractivity contribution is 5.94. The molecule has 0 bridgehead atoms. The van der Waals surface area contributed by atoms with Gasteiger partial charge >= 0.3 is 0 Å². The molecule has 19 heavy (non-hydrogen) atoms. The molecule has 0 atom stereocenters. The lowest BCUT2D eigenvalue weighted by atomic mass is 10.1. The van der Waals surface area contributed by atoms with Crippen LogP contribution in [0.3, 0.4) is 0 Å². The average molecular weight is 268 g/mol. The fraction of sp³-hybridized carbons (Fsp3) is 0.462. The topological polar surface area (TPSA) is 63.5 Å². The summed E-state index contributed by atoms with van der Waals surface area (Å²) in [6.45, 7) is 2.55. The predicted octanol–water partition coefficient (Wildman–Crippen LogP) is 3.00. The summed E-state index contributed by atoms with van der Waals surface area (Å²) >= 11 is 0. The quantitative estimate of drug-likeness (QED) is 0.452. The molecular formula is C13H17FN2O3. The maximum atomic E-state index is 13.6. The van der Waals surface area contributed by atoms with Crippen molar-refractivity contribution in [3.63, 3.8) is 0 Å². The van der Waals surface area contributed by atoms with E-state index < -0.39 is 16.6 Å². The van der Waals surface area contributed by atoms with Crippen molar-refractivity contribution in [3.8, 4) is 0 Å². The number of unbranched alkanes of at least 4 members (excludes halogenated alkanes) is 2. The molecule has 0 unspecified atom stereocenters. The van der Waals surface area contributed by atoms with Gasteiger partial charge < -0.3 is 4.90 Å². The van der Waals surface area contributed by atoms with Crippen LogP contribution < -0.4 is 0 Å². The number of non-ortho nitro benzene ring substituents is 1. The van der Waals surface area contributed by atoms with Gasteiger partial charge in [-0.15, -0.1) is 0 Å². The normalized spacial score (nSPS) is 10.3. The summed E-state index contributed by atoms with van der Waals surface area (Å²) in [5.74, 6) is -1.27. The molecule has 0 aliphatic carbocycles. The number of benzene rings is 1. The van der Waals surface area contributed by atoms with Gasteiger partial charge in [0, 0.05) is 25.7 Å². The number of halogens is 1. The molecule has 5 nitrogen and oxygen atoms in total. The summed E-state index contributed by atoms with van der Waals surface area (Å²) in [6.07, 6.45) is 2.83. The van der Waals surface area contributed by atoms with Gasteiger partial charge in [0.1, 0.15) is 5.82 Å². The molecule has 0 aliphatic heterocycles. The molecule has 1 rings (SSSR count). The van der Waals surface area contributed by atoms with E-state index in [1.165, 1.54) is 4.90 Å². The number of nitrogens with zero attached hydrogens (tertiary/aromatic N) is 2. The third-order valence-electron chi connectivity index (χ3n) is 2.83. The standard InChI is InChI=1S/C13H17FN2O3/c1-3-4-5-8-15(2)13(17)11-9-10(16(18)19)6-7-12(11)14/h6-7,9H,3-5,8H2,1-2H3. The van der Waals surface area contributed by atoms with Crippen LogP contribution in [-0.2, 0) is 0 Å². The number of hydrogen-bond acceptors (Lipinski definition) is 3. The first-order valence-corrected chi connectivity index (χ1v) is 6.16. The van der Waals surface area contributed by atoms with Gasteiger partial charge in [-0.25, -0.2) is 4.39 Å². The molecule has 1 amide bonds. The number of amides is 1. The lowest BCUT2D eigenvalue weighted by Crippen LogP contribution is -2.28. The summed E-state index contributed by atoms with van der Waals surface area (Å²) in [7, 11) is 1.57. The van der Waals surface area contributed by atoms with Crippen molar-refractivity contribution >= 4 is 11.6 Å². The van der Waals surface area contributed by atoms with Gasteiger partial charge in [0.05, 0.1) is 10.5 Å². The first-order chi connectivity index (χ1) is 8.97. The number of nitro benzene ring substituents is 1. The number of carbonyl (C=O) groups is 1. The Balaban J connectivity index is 2.86. The van der Waals surface area contributed by atoms with E-state index in [9.17, 15) is 19.3 Å². The van der Waals surface area contributed by atoms with E-state index in [1.807, 2.05) is 6.92 Å². The molecule has 104 valence electrons. The lowest BCUT2D eigenvalue weighted by Gasteiger charge is -2.17. The van der Waals surface area contributed by atoms with Gasteiger partial charge in [0.2, 0.25) is 0 Å². The monoisotopic (exact) mass is 268 g/mol. The van der Waals surface area contributed by atoms with Crippen LogP contribution in [0.4, 0.5) is 10.1 Å². The van der Waals surface area contributed by atoms with Crippen LogP contribution in [0.25, 0.3) is 0 Å². The molecule has 1 aromatic rings. The Hall–Kier alpha value is -1.98. The van der Waals surface area contributed by atoms with Crippen LogP contribution in [0.5, 0.6) is 0 Å². The predicted molar refractivity (Wildman–Crippen MR) is 69.5 cm³/mol. The van der Waals surface area contributed by atoms with Gasteiger partial charge in [-0.05, 0) is 12.5 Å². The maximum Gasteiger partial charge on any atom is 0.270 e. The number of nitro groups is 1. The van der Waals surface area contributed by atoms with Crippen LogP contribution in [0.15, 0.2) is 18.2 Å². The first kappa shape index (κ1) is 15.1. The lowest BCUT2D eigenvalue weighted by molar-refractivity contribution is -0.384. The van der Waals surface area contributed by atoms with Gasteiger partial charge in [0.25, 0.3) is 11.6 Å². The van der Waals surface area contributed by atoms with Crippen molar-refractivity contribution in [2.45, 2.75) is 26.2 Å². The van der Waals surface area contributed by atoms with Gasteiger partial charge in [-0.3, -0.25) is 14.9 Å². The molecule has 0 aliphatic rings. The fourth-order valence-electron chi connectivity index (χ4n) is 1.70.